The number of ether oxygens (including phenoxy) is 1. The number of halogens is 1. The summed E-state index contributed by atoms with van der Waals surface area (Å²) in [4.78, 5) is 23.4. The number of anilines is 2. The van der Waals surface area contributed by atoms with Crippen LogP contribution in [-0.2, 0) is 21.8 Å². The zero-order valence-electron chi connectivity index (χ0n) is 17.8. The highest BCUT2D eigenvalue weighted by Gasteiger charge is 2.21. The van der Waals surface area contributed by atoms with Crippen molar-refractivity contribution in [3.05, 3.63) is 51.7 Å². The zero-order chi connectivity index (χ0) is 22.0. The van der Waals surface area contributed by atoms with Gasteiger partial charge in [0, 0.05) is 35.4 Å². The second-order valence-corrected chi connectivity index (χ2v) is 9.77. The van der Waals surface area contributed by atoms with Crippen LogP contribution in [-0.4, -0.2) is 33.2 Å². The number of amides is 1. The van der Waals surface area contributed by atoms with Gasteiger partial charge in [-0.2, -0.15) is 0 Å². The molecular weight excluding hydrogens is 452 g/mol. The van der Waals surface area contributed by atoms with Gasteiger partial charge in [-0.05, 0) is 44.9 Å². The van der Waals surface area contributed by atoms with E-state index in [1.165, 1.54) is 24.0 Å². The van der Waals surface area contributed by atoms with Gasteiger partial charge in [0.15, 0.2) is 10.3 Å². The van der Waals surface area contributed by atoms with E-state index in [9.17, 15) is 4.79 Å². The van der Waals surface area contributed by atoms with E-state index < -0.39 is 0 Å². The van der Waals surface area contributed by atoms with E-state index in [2.05, 4.69) is 11.5 Å². The second kappa shape index (κ2) is 9.73. The average Bonchev–Trinajstić information content (AvgIpc) is 3.45. The molecule has 2 aromatic heterocycles. The van der Waals surface area contributed by atoms with Gasteiger partial charge < -0.3 is 9.30 Å². The van der Waals surface area contributed by atoms with E-state index in [-0.39, 0.29) is 12.0 Å². The lowest BCUT2D eigenvalue weighted by atomic mass is 10.2. The van der Waals surface area contributed by atoms with Crippen molar-refractivity contribution in [1.82, 2.24) is 14.5 Å². The zero-order valence-corrected chi connectivity index (χ0v) is 20.2. The Bertz CT molecular complexity index is 1080. The molecule has 1 aromatic carbocycles. The molecule has 3 heterocycles. The van der Waals surface area contributed by atoms with Crippen LogP contribution in [0.2, 0.25) is 5.02 Å². The molecule has 1 aliphatic rings. The average molecular weight is 477 g/mol. The molecule has 0 bridgehead atoms. The molecule has 164 valence electrons. The van der Waals surface area contributed by atoms with Crippen LogP contribution in [0.25, 0.3) is 0 Å². The number of thiazole rings is 1. The SMILES string of the molecule is CC(=O)N(c1cccc(Cl)c1)c1nc(CSc2nc(C)c(C)n2C[C@H]2CCCO2)cs1. The summed E-state index contributed by atoms with van der Waals surface area (Å²) in [6.07, 6.45) is 2.49. The van der Waals surface area contributed by atoms with Crippen molar-refractivity contribution >= 4 is 51.4 Å². The Kier molecular flexibility index (Phi) is 7.01. The third-order valence-electron chi connectivity index (χ3n) is 5.29. The summed E-state index contributed by atoms with van der Waals surface area (Å²) in [6, 6.07) is 7.25. The Hall–Kier alpha value is -1.87. The summed E-state index contributed by atoms with van der Waals surface area (Å²) in [5.41, 5.74) is 3.86. The van der Waals surface area contributed by atoms with E-state index in [0.29, 0.717) is 21.6 Å². The summed E-state index contributed by atoms with van der Waals surface area (Å²) >= 11 is 9.23. The number of benzene rings is 1. The molecule has 1 amide bonds. The monoisotopic (exact) mass is 476 g/mol. The maximum atomic E-state index is 12.3. The number of nitrogens with zero attached hydrogens (tertiary/aromatic N) is 4. The minimum Gasteiger partial charge on any atom is -0.376 e. The molecule has 1 aliphatic heterocycles. The molecule has 1 fully saturated rings. The van der Waals surface area contributed by atoms with Gasteiger partial charge in [-0.25, -0.2) is 9.97 Å². The highest BCUT2D eigenvalue weighted by Crippen LogP contribution is 2.33. The van der Waals surface area contributed by atoms with Crippen molar-refractivity contribution < 1.29 is 9.53 Å². The number of aryl methyl sites for hydroxylation is 1. The number of hydrogen-bond acceptors (Lipinski definition) is 6. The van der Waals surface area contributed by atoms with Crippen LogP contribution in [0, 0.1) is 13.8 Å². The van der Waals surface area contributed by atoms with E-state index in [1.807, 2.05) is 24.4 Å². The summed E-state index contributed by atoms with van der Waals surface area (Å²) in [6.45, 7) is 7.37. The van der Waals surface area contributed by atoms with Crippen LogP contribution in [0.1, 0.15) is 36.8 Å². The quantitative estimate of drug-likeness (QED) is 0.405. The van der Waals surface area contributed by atoms with Gasteiger partial charge in [0.1, 0.15) is 0 Å². The molecule has 0 radical (unpaired) electrons. The Morgan fingerprint density at radius 1 is 1.39 bits per heavy atom. The van der Waals surface area contributed by atoms with Gasteiger partial charge in [-0.3, -0.25) is 9.69 Å². The maximum Gasteiger partial charge on any atom is 0.230 e. The highest BCUT2D eigenvalue weighted by atomic mass is 35.5. The molecule has 3 aromatic rings. The van der Waals surface area contributed by atoms with Gasteiger partial charge in [0.25, 0.3) is 0 Å². The number of thioether (sulfide) groups is 1. The van der Waals surface area contributed by atoms with Gasteiger partial charge in [-0.15, -0.1) is 11.3 Å². The first-order chi connectivity index (χ1) is 14.9. The van der Waals surface area contributed by atoms with Crippen LogP contribution in [0.15, 0.2) is 34.8 Å². The molecular formula is C22H25ClN4O2S2. The molecule has 0 saturated carbocycles. The first-order valence-electron chi connectivity index (χ1n) is 10.2. The first-order valence-corrected chi connectivity index (χ1v) is 12.5. The lowest BCUT2D eigenvalue weighted by Crippen LogP contribution is -2.22. The molecule has 0 aliphatic carbocycles. The van der Waals surface area contributed by atoms with E-state index in [1.54, 1.807) is 28.8 Å². The number of rotatable bonds is 7. The van der Waals surface area contributed by atoms with Crippen LogP contribution < -0.4 is 4.90 Å². The predicted octanol–water partition coefficient (Wildman–Crippen LogP) is 5.77. The number of aromatic nitrogens is 3. The van der Waals surface area contributed by atoms with Gasteiger partial charge in [-0.1, -0.05) is 29.4 Å². The number of hydrogen-bond donors (Lipinski definition) is 0. The van der Waals surface area contributed by atoms with Crippen molar-refractivity contribution in [3.8, 4) is 0 Å². The lowest BCUT2D eigenvalue weighted by Gasteiger charge is -2.18. The van der Waals surface area contributed by atoms with Crippen LogP contribution in [0.5, 0.6) is 0 Å². The molecule has 9 heteroatoms. The minimum atomic E-state index is -0.103. The lowest BCUT2D eigenvalue weighted by molar-refractivity contribution is -0.115. The molecule has 31 heavy (non-hydrogen) atoms. The fourth-order valence-electron chi connectivity index (χ4n) is 3.59. The molecule has 1 atom stereocenters. The smallest absolute Gasteiger partial charge is 0.230 e. The molecule has 0 spiro atoms. The third-order valence-corrected chi connectivity index (χ3v) is 7.41. The van der Waals surface area contributed by atoms with E-state index >= 15 is 0 Å². The van der Waals surface area contributed by atoms with Crippen LogP contribution in [0.3, 0.4) is 0 Å². The van der Waals surface area contributed by atoms with Crippen molar-refractivity contribution in [2.24, 2.45) is 0 Å². The fourth-order valence-corrected chi connectivity index (χ4v) is 5.76. The van der Waals surface area contributed by atoms with Gasteiger partial charge in [0.2, 0.25) is 5.91 Å². The Morgan fingerprint density at radius 2 is 2.23 bits per heavy atom. The van der Waals surface area contributed by atoms with E-state index in [4.69, 9.17) is 26.3 Å². The van der Waals surface area contributed by atoms with E-state index in [0.717, 1.165) is 42.5 Å². The minimum absolute atomic E-state index is 0.103. The maximum absolute atomic E-state index is 12.3. The molecule has 6 nitrogen and oxygen atoms in total. The second-order valence-electron chi connectivity index (χ2n) is 7.56. The van der Waals surface area contributed by atoms with Crippen LogP contribution >= 0.6 is 34.7 Å². The highest BCUT2D eigenvalue weighted by molar-refractivity contribution is 7.98. The molecule has 0 N–H and O–H groups in total. The largest absolute Gasteiger partial charge is 0.376 e. The number of carbonyl (C=O) groups is 1. The van der Waals surface area contributed by atoms with Crippen molar-refractivity contribution in [2.75, 3.05) is 11.5 Å². The summed E-state index contributed by atoms with van der Waals surface area (Å²) in [7, 11) is 0. The van der Waals surface area contributed by atoms with Crippen molar-refractivity contribution in [3.63, 3.8) is 0 Å². The normalized spacial score (nSPS) is 16.1. The first kappa shape index (κ1) is 22.3. The number of carbonyl (C=O) groups excluding carboxylic acids is 1. The van der Waals surface area contributed by atoms with Crippen molar-refractivity contribution in [1.29, 1.82) is 0 Å². The summed E-state index contributed by atoms with van der Waals surface area (Å²) in [5.74, 6) is 0.577. The standard InChI is InChI=1S/C22H25ClN4O2S2/c1-14-15(2)26(11-20-8-5-9-29-20)21(24-14)30-12-18-13-31-22(25-18)27(16(3)28)19-7-4-6-17(23)10-19/h4,6-7,10,13,20H,5,8-9,11-12H2,1-3H3/t20-/m1/s1. The van der Waals surface area contributed by atoms with Crippen LogP contribution in [0.4, 0.5) is 10.8 Å². The summed E-state index contributed by atoms with van der Waals surface area (Å²) in [5, 5.41) is 4.20. The van der Waals surface area contributed by atoms with Gasteiger partial charge in [0.05, 0.1) is 29.7 Å². The molecule has 4 rings (SSSR count). The predicted molar refractivity (Wildman–Crippen MR) is 127 cm³/mol. The third kappa shape index (κ3) is 5.14. The topological polar surface area (TPSA) is 60.2 Å². The van der Waals surface area contributed by atoms with Gasteiger partial charge >= 0.3 is 0 Å². The molecule has 1 saturated heterocycles. The number of imidazole rings is 1. The Labute approximate surface area is 195 Å². The Balaban J connectivity index is 1.49. The molecule has 0 unspecified atom stereocenters. The fraction of sp³-hybridized carbons (Fsp3) is 0.409. The summed E-state index contributed by atoms with van der Waals surface area (Å²) < 4.78 is 8.09. The van der Waals surface area contributed by atoms with Crippen molar-refractivity contribution in [2.45, 2.75) is 57.2 Å². The Morgan fingerprint density at radius 3 is 2.94 bits per heavy atom.